The van der Waals surface area contributed by atoms with E-state index in [4.69, 9.17) is 19.7 Å². The third-order valence-electron chi connectivity index (χ3n) is 5.36. The van der Waals surface area contributed by atoms with Crippen LogP contribution in [0.1, 0.15) is 113 Å². The minimum atomic E-state index is -0.205. The van der Waals surface area contributed by atoms with Crippen LogP contribution in [0.3, 0.4) is 0 Å². The predicted octanol–water partition coefficient (Wildman–Crippen LogP) is 6.54. The minimum absolute atomic E-state index is 0. The summed E-state index contributed by atoms with van der Waals surface area (Å²) in [6, 6.07) is 0. The quantitative estimate of drug-likeness (QED) is 0.0529. The number of esters is 1. The van der Waals surface area contributed by atoms with Crippen molar-refractivity contribution in [3.63, 3.8) is 0 Å². The molecule has 2 N–H and O–H groups in total. The number of carbonyl (C=O) groups excluding carboxylic acids is 2. The summed E-state index contributed by atoms with van der Waals surface area (Å²) in [5.41, 5.74) is 0. The van der Waals surface area contributed by atoms with Crippen molar-refractivity contribution in [3.8, 4) is 0 Å². The molecule has 0 aromatic carbocycles. The van der Waals surface area contributed by atoms with Crippen molar-refractivity contribution in [1.82, 2.24) is 0 Å². The van der Waals surface area contributed by atoms with E-state index in [9.17, 15) is 4.79 Å². The second-order valence-corrected chi connectivity index (χ2v) is 11.1. The Bertz CT molecular complexity index is 439. The maximum absolute atomic E-state index is 11.7. The number of hydrogen-bond acceptors (Lipinski definition) is 8. The fourth-order valence-corrected chi connectivity index (χ4v) is 5.82. The molecule has 0 aromatic rings. The van der Waals surface area contributed by atoms with Crippen LogP contribution in [0.5, 0.6) is 0 Å². The number of ether oxygens (including phenoxy) is 2. The molecule has 35 heavy (non-hydrogen) atoms. The molecule has 0 atom stereocenters. The van der Waals surface area contributed by atoms with E-state index in [0.29, 0.717) is 6.42 Å². The number of rotatable bonds is 24. The first kappa shape index (κ1) is 39.9. The van der Waals surface area contributed by atoms with Crippen LogP contribution in [0.25, 0.3) is 0 Å². The van der Waals surface area contributed by atoms with Gasteiger partial charge in [0.2, 0.25) is 0 Å². The Balaban J connectivity index is -0.000000337. The molecule has 6 radical (unpaired) electrons. The average Bonchev–Trinajstić information content (AvgIpc) is 2.85. The number of thioether (sulfide) groups is 2. The van der Waals surface area contributed by atoms with Crippen molar-refractivity contribution in [2.75, 3.05) is 32.2 Å². The van der Waals surface area contributed by atoms with Gasteiger partial charge in [0.25, 0.3) is 0 Å². The van der Waals surface area contributed by atoms with Crippen LogP contribution in [0.15, 0.2) is 0 Å². The summed E-state index contributed by atoms with van der Waals surface area (Å²) >= 11 is 3.65. The summed E-state index contributed by atoms with van der Waals surface area (Å²) in [4.78, 5) is 20.8. The van der Waals surface area contributed by atoms with E-state index in [1.54, 1.807) is 11.8 Å². The molecule has 0 heterocycles. The zero-order valence-electron chi connectivity index (χ0n) is 22.2. The van der Waals surface area contributed by atoms with Crippen molar-refractivity contribution in [2.24, 2.45) is 0 Å². The second kappa shape index (κ2) is 32.4. The summed E-state index contributed by atoms with van der Waals surface area (Å²) in [6.07, 6.45) is 22.7. The molecule has 210 valence electrons. The Morgan fingerprint density at radius 1 is 0.886 bits per heavy atom. The van der Waals surface area contributed by atoms with E-state index in [1.807, 2.05) is 11.8 Å². The molecule has 9 heteroatoms. The average molecular weight is 646 g/mol. The standard InChI is InChI=1S/C23H45O3S2.C3H5O3.Sn.2H2/c1-4-6-8-10-12-14-17-23(27-3,18-15-13-11-9-7-5-2)28-21-16-22(25)26-20-19-24;4-1-2-6-3-5;;;/h24H,3-21H2,1-2H3;4H,1-2H2;;2*1H. The SMILES string of the molecule is O=[C]OCCO.[CH2]SC(CCCCCCCC)(CCCCCCCC)SCCC(=O)OCCO.[HH].[HH].[Sn]. The molecule has 0 bridgehead atoms. The zero-order valence-corrected chi connectivity index (χ0v) is 26.7. The van der Waals surface area contributed by atoms with Crippen LogP contribution in [0.2, 0.25) is 0 Å². The van der Waals surface area contributed by atoms with Gasteiger partial charge >= 0.3 is 12.4 Å². The van der Waals surface area contributed by atoms with Crippen molar-refractivity contribution >= 4 is 59.9 Å². The summed E-state index contributed by atoms with van der Waals surface area (Å²) in [6.45, 7) is 5.59. The van der Waals surface area contributed by atoms with Crippen molar-refractivity contribution in [3.05, 3.63) is 6.26 Å². The van der Waals surface area contributed by atoms with Gasteiger partial charge in [-0.25, -0.2) is 4.79 Å². The Morgan fingerprint density at radius 3 is 1.77 bits per heavy atom. The van der Waals surface area contributed by atoms with Crippen LogP contribution in [-0.2, 0) is 19.1 Å². The summed E-state index contributed by atoms with van der Waals surface area (Å²) in [7, 11) is 0. The molecule has 0 saturated heterocycles. The van der Waals surface area contributed by atoms with E-state index in [1.165, 1.54) is 89.9 Å². The predicted molar refractivity (Wildman–Crippen MR) is 155 cm³/mol. The number of unbranched alkanes of at least 4 members (excludes halogenated alkanes) is 10. The number of aliphatic hydroxyl groups is 2. The van der Waals surface area contributed by atoms with Crippen LogP contribution < -0.4 is 0 Å². The van der Waals surface area contributed by atoms with E-state index in [-0.39, 0.29) is 63.2 Å². The fourth-order valence-electron chi connectivity index (χ4n) is 3.44. The zero-order chi connectivity index (χ0) is 25.8. The van der Waals surface area contributed by atoms with Gasteiger partial charge in [-0.1, -0.05) is 90.9 Å². The van der Waals surface area contributed by atoms with Crippen molar-refractivity contribution in [2.45, 2.75) is 114 Å². The van der Waals surface area contributed by atoms with Crippen LogP contribution in [0, 0.1) is 6.26 Å². The van der Waals surface area contributed by atoms with E-state index in [0.717, 1.165) is 12.2 Å². The third-order valence-corrected chi connectivity index (χ3v) is 8.35. The first-order chi connectivity index (χ1) is 16.6. The second-order valence-electron chi connectivity index (χ2n) is 8.29. The van der Waals surface area contributed by atoms with Gasteiger partial charge in [0, 0.05) is 38.8 Å². The smallest absolute Gasteiger partial charge is 0.417 e. The first-order valence-corrected chi connectivity index (χ1v) is 15.0. The van der Waals surface area contributed by atoms with Crippen LogP contribution in [0.4, 0.5) is 0 Å². The monoisotopic (exact) mass is 646 g/mol. The molecule has 6 nitrogen and oxygen atoms in total. The molecular formula is C26H54O6S2Sn. The molecule has 0 spiro atoms. The van der Waals surface area contributed by atoms with Gasteiger partial charge in [0.05, 0.1) is 23.7 Å². The summed E-state index contributed by atoms with van der Waals surface area (Å²) in [5, 5.41) is 16.7. The normalized spacial score (nSPS) is 10.7. The van der Waals surface area contributed by atoms with E-state index >= 15 is 0 Å². The topological polar surface area (TPSA) is 93.1 Å². The Kier molecular flexibility index (Phi) is 36.9. The van der Waals surface area contributed by atoms with Gasteiger partial charge in [-0.15, -0.1) is 23.5 Å². The minimum Gasteiger partial charge on any atom is -0.463 e. The Morgan fingerprint density at radius 2 is 1.37 bits per heavy atom. The molecule has 0 aromatic heterocycles. The molecule has 0 aliphatic heterocycles. The maximum atomic E-state index is 11.7. The van der Waals surface area contributed by atoms with Gasteiger partial charge in [0.15, 0.2) is 0 Å². The Labute approximate surface area is 243 Å². The summed E-state index contributed by atoms with van der Waals surface area (Å²) in [5.74, 6) is 0.571. The van der Waals surface area contributed by atoms with E-state index in [2.05, 4.69) is 24.8 Å². The van der Waals surface area contributed by atoms with Crippen LogP contribution in [-0.4, -0.2) is 82.8 Å². The third kappa shape index (κ3) is 28.8. The number of aliphatic hydroxyl groups excluding tert-OH is 2. The fraction of sp³-hybridized carbons (Fsp3) is 0.885. The van der Waals surface area contributed by atoms with E-state index < -0.39 is 0 Å². The molecule has 0 unspecified atom stereocenters. The van der Waals surface area contributed by atoms with Gasteiger partial charge in [-0.05, 0) is 12.8 Å². The largest absolute Gasteiger partial charge is 0.463 e. The number of carbonyl (C=O) groups is 1. The molecule has 0 aliphatic rings. The summed E-state index contributed by atoms with van der Waals surface area (Å²) < 4.78 is 9.05. The maximum Gasteiger partial charge on any atom is 0.417 e. The van der Waals surface area contributed by atoms with Gasteiger partial charge in [-0.2, -0.15) is 0 Å². The molecule has 0 rings (SSSR count). The molecule has 0 saturated carbocycles. The first-order valence-electron chi connectivity index (χ1n) is 13.0. The molecule has 0 fully saturated rings. The molecule has 0 amide bonds. The van der Waals surface area contributed by atoms with Crippen LogP contribution >= 0.6 is 23.5 Å². The molecule has 0 aliphatic carbocycles. The van der Waals surface area contributed by atoms with Gasteiger partial charge in [0.1, 0.15) is 13.2 Å². The Hall–Kier alpha value is 0.359. The van der Waals surface area contributed by atoms with Gasteiger partial charge in [-0.3, -0.25) is 4.79 Å². The number of hydrogen-bond donors (Lipinski definition) is 2. The van der Waals surface area contributed by atoms with Gasteiger partial charge < -0.3 is 19.7 Å². The van der Waals surface area contributed by atoms with Crippen molar-refractivity contribution < 1.29 is 32.1 Å². The molecular weight excluding hydrogens is 591 g/mol. The van der Waals surface area contributed by atoms with Crippen molar-refractivity contribution in [1.29, 1.82) is 0 Å².